The maximum Gasteiger partial charge on any atom is 0.143 e. The third kappa shape index (κ3) is 2.30. The van der Waals surface area contributed by atoms with Crippen LogP contribution in [0.25, 0.3) is 11.3 Å². The molecular weight excluding hydrogens is 215 g/mol. The van der Waals surface area contributed by atoms with Crippen molar-refractivity contribution in [2.24, 2.45) is 0 Å². The third-order valence-corrected chi connectivity index (χ3v) is 2.20. The first-order chi connectivity index (χ1) is 7.29. The van der Waals surface area contributed by atoms with Crippen LogP contribution in [0.1, 0.15) is 5.82 Å². The molecule has 1 heterocycles. The summed E-state index contributed by atoms with van der Waals surface area (Å²) in [7, 11) is 0. The van der Waals surface area contributed by atoms with Gasteiger partial charge in [0.1, 0.15) is 11.6 Å². The summed E-state index contributed by atoms with van der Waals surface area (Å²) < 4.78 is 12.7. The molecule has 0 spiro atoms. The minimum Gasteiger partial charge on any atom is -0.240 e. The number of hydrogen-bond acceptors (Lipinski definition) is 2. The van der Waals surface area contributed by atoms with Gasteiger partial charge in [0, 0.05) is 11.8 Å². The Bertz CT molecular complexity index is 456. The molecule has 1 aromatic carbocycles. The summed E-state index contributed by atoms with van der Waals surface area (Å²) in [5, 5.41) is 0. The Hall–Kier alpha value is -1.48. The fourth-order valence-electron chi connectivity index (χ4n) is 1.24. The maximum atomic E-state index is 12.7. The van der Waals surface area contributed by atoms with Crippen molar-refractivity contribution in [3.8, 4) is 11.3 Å². The lowest BCUT2D eigenvalue weighted by Gasteiger charge is -2.01. The number of halogens is 2. The van der Waals surface area contributed by atoms with Crippen molar-refractivity contribution in [2.45, 2.75) is 5.88 Å². The van der Waals surface area contributed by atoms with E-state index in [0.717, 1.165) is 11.3 Å². The first-order valence-electron chi connectivity index (χ1n) is 4.43. The highest BCUT2D eigenvalue weighted by atomic mass is 35.5. The second-order valence-electron chi connectivity index (χ2n) is 3.00. The van der Waals surface area contributed by atoms with Gasteiger partial charge in [0.05, 0.1) is 11.6 Å². The standard InChI is InChI=1S/C11H8ClFN2/c12-7-11-14-6-5-10(15-11)8-1-3-9(13)4-2-8/h1-6H,7H2. The Kier molecular flexibility index (Phi) is 2.92. The molecule has 0 aliphatic heterocycles. The van der Waals surface area contributed by atoms with Crippen molar-refractivity contribution >= 4 is 11.6 Å². The summed E-state index contributed by atoms with van der Waals surface area (Å²) in [5.74, 6) is 0.582. The molecule has 4 heteroatoms. The van der Waals surface area contributed by atoms with Crippen molar-refractivity contribution in [2.75, 3.05) is 0 Å². The molecule has 15 heavy (non-hydrogen) atoms. The average Bonchev–Trinajstić information content (AvgIpc) is 2.30. The van der Waals surface area contributed by atoms with Crippen LogP contribution in [-0.4, -0.2) is 9.97 Å². The molecule has 0 aliphatic carbocycles. The van der Waals surface area contributed by atoms with Crippen LogP contribution in [0.15, 0.2) is 36.5 Å². The molecule has 0 amide bonds. The lowest BCUT2D eigenvalue weighted by atomic mass is 10.1. The minimum atomic E-state index is -0.259. The molecule has 0 saturated heterocycles. The topological polar surface area (TPSA) is 25.8 Å². The van der Waals surface area contributed by atoms with E-state index in [0.29, 0.717) is 5.82 Å². The zero-order valence-corrected chi connectivity index (χ0v) is 8.58. The molecule has 0 aliphatic rings. The molecule has 1 aromatic heterocycles. The zero-order valence-electron chi connectivity index (χ0n) is 7.82. The van der Waals surface area contributed by atoms with Crippen LogP contribution < -0.4 is 0 Å². The molecule has 2 nitrogen and oxygen atoms in total. The van der Waals surface area contributed by atoms with Crippen LogP contribution in [0.3, 0.4) is 0 Å². The van der Waals surface area contributed by atoms with Gasteiger partial charge in [-0.3, -0.25) is 0 Å². The fraction of sp³-hybridized carbons (Fsp3) is 0.0909. The summed E-state index contributed by atoms with van der Waals surface area (Å²) >= 11 is 5.63. The number of aromatic nitrogens is 2. The Morgan fingerprint density at radius 1 is 1.13 bits per heavy atom. The Balaban J connectivity index is 2.40. The SMILES string of the molecule is Fc1ccc(-c2ccnc(CCl)n2)cc1. The van der Waals surface area contributed by atoms with Gasteiger partial charge in [-0.1, -0.05) is 0 Å². The van der Waals surface area contributed by atoms with Crippen molar-refractivity contribution in [1.82, 2.24) is 9.97 Å². The normalized spacial score (nSPS) is 10.3. The Morgan fingerprint density at radius 2 is 1.87 bits per heavy atom. The first kappa shape index (κ1) is 10.1. The maximum absolute atomic E-state index is 12.7. The summed E-state index contributed by atoms with van der Waals surface area (Å²) in [5.41, 5.74) is 1.60. The number of nitrogens with zero attached hydrogens (tertiary/aromatic N) is 2. The van der Waals surface area contributed by atoms with E-state index in [1.807, 2.05) is 0 Å². The van der Waals surface area contributed by atoms with Gasteiger partial charge in [0.25, 0.3) is 0 Å². The van der Waals surface area contributed by atoms with Crippen LogP contribution in [0.4, 0.5) is 4.39 Å². The van der Waals surface area contributed by atoms with Gasteiger partial charge in [-0.05, 0) is 30.3 Å². The lowest BCUT2D eigenvalue weighted by Crippen LogP contribution is -1.92. The summed E-state index contributed by atoms with van der Waals surface area (Å²) in [6.45, 7) is 0. The van der Waals surface area contributed by atoms with Gasteiger partial charge >= 0.3 is 0 Å². The molecular formula is C11H8ClFN2. The molecule has 0 radical (unpaired) electrons. The van der Waals surface area contributed by atoms with Crippen LogP contribution >= 0.6 is 11.6 Å². The van der Waals surface area contributed by atoms with E-state index < -0.39 is 0 Å². The molecule has 76 valence electrons. The highest BCUT2D eigenvalue weighted by Crippen LogP contribution is 2.16. The second-order valence-corrected chi connectivity index (χ2v) is 3.27. The van der Waals surface area contributed by atoms with E-state index in [2.05, 4.69) is 9.97 Å². The van der Waals surface area contributed by atoms with E-state index in [9.17, 15) is 4.39 Å². The Morgan fingerprint density at radius 3 is 2.53 bits per heavy atom. The van der Waals surface area contributed by atoms with Gasteiger partial charge in [0.15, 0.2) is 0 Å². The number of benzene rings is 1. The molecule has 2 aromatic rings. The Labute approximate surface area is 91.8 Å². The molecule has 2 rings (SSSR count). The predicted octanol–water partition coefficient (Wildman–Crippen LogP) is 3.02. The van der Waals surface area contributed by atoms with Gasteiger partial charge in [-0.15, -0.1) is 11.6 Å². The first-order valence-corrected chi connectivity index (χ1v) is 4.97. The summed E-state index contributed by atoms with van der Waals surface area (Å²) in [4.78, 5) is 8.21. The van der Waals surface area contributed by atoms with Crippen molar-refractivity contribution in [3.63, 3.8) is 0 Å². The van der Waals surface area contributed by atoms with Gasteiger partial charge < -0.3 is 0 Å². The van der Waals surface area contributed by atoms with Gasteiger partial charge in [-0.2, -0.15) is 0 Å². The number of alkyl halides is 1. The monoisotopic (exact) mass is 222 g/mol. The predicted molar refractivity (Wildman–Crippen MR) is 57.0 cm³/mol. The van der Waals surface area contributed by atoms with E-state index in [4.69, 9.17) is 11.6 Å². The highest BCUT2D eigenvalue weighted by Gasteiger charge is 2.01. The molecule has 0 unspecified atom stereocenters. The van der Waals surface area contributed by atoms with Crippen LogP contribution in [0, 0.1) is 5.82 Å². The molecule has 0 atom stereocenters. The molecule has 0 N–H and O–H groups in total. The van der Waals surface area contributed by atoms with E-state index in [1.54, 1.807) is 24.4 Å². The average molecular weight is 223 g/mol. The van der Waals surface area contributed by atoms with Crippen molar-refractivity contribution in [3.05, 3.63) is 48.2 Å². The lowest BCUT2D eigenvalue weighted by molar-refractivity contribution is 0.628. The third-order valence-electron chi connectivity index (χ3n) is 1.96. The highest BCUT2D eigenvalue weighted by molar-refractivity contribution is 6.16. The van der Waals surface area contributed by atoms with E-state index >= 15 is 0 Å². The van der Waals surface area contributed by atoms with Crippen molar-refractivity contribution < 1.29 is 4.39 Å². The quantitative estimate of drug-likeness (QED) is 0.730. The zero-order chi connectivity index (χ0) is 10.7. The molecule has 0 bridgehead atoms. The minimum absolute atomic E-state index is 0.259. The fourth-order valence-corrected chi connectivity index (χ4v) is 1.37. The van der Waals surface area contributed by atoms with Crippen LogP contribution in [0.2, 0.25) is 0 Å². The number of hydrogen-bond donors (Lipinski definition) is 0. The van der Waals surface area contributed by atoms with E-state index in [-0.39, 0.29) is 11.7 Å². The van der Waals surface area contributed by atoms with Crippen LogP contribution in [-0.2, 0) is 5.88 Å². The van der Waals surface area contributed by atoms with Gasteiger partial charge in [0.2, 0.25) is 0 Å². The van der Waals surface area contributed by atoms with E-state index in [1.165, 1.54) is 12.1 Å². The largest absolute Gasteiger partial charge is 0.240 e. The summed E-state index contributed by atoms with van der Waals surface area (Å²) in [6, 6.07) is 7.92. The van der Waals surface area contributed by atoms with Crippen LogP contribution in [0.5, 0.6) is 0 Å². The second kappa shape index (κ2) is 4.36. The number of rotatable bonds is 2. The molecule has 0 fully saturated rings. The molecule has 0 saturated carbocycles. The summed E-state index contributed by atoms with van der Waals surface area (Å²) in [6.07, 6.45) is 1.64. The smallest absolute Gasteiger partial charge is 0.143 e. The van der Waals surface area contributed by atoms with Crippen molar-refractivity contribution in [1.29, 1.82) is 0 Å². The van der Waals surface area contributed by atoms with Gasteiger partial charge in [-0.25, -0.2) is 14.4 Å².